The van der Waals surface area contributed by atoms with Gasteiger partial charge in [-0.15, -0.1) is 22.7 Å². The first-order chi connectivity index (χ1) is 37.4. The first-order valence-corrected chi connectivity index (χ1v) is 31.5. The molecule has 20 nitrogen and oxygen atoms in total. The van der Waals surface area contributed by atoms with Crippen LogP contribution in [0.4, 0.5) is 5.13 Å². The second-order valence-corrected chi connectivity index (χ2v) is 28.3. The van der Waals surface area contributed by atoms with Crippen molar-refractivity contribution in [1.82, 2.24) is 69.5 Å². The van der Waals surface area contributed by atoms with Gasteiger partial charge in [0, 0.05) is 105 Å². The fourth-order valence-corrected chi connectivity index (χ4v) is 11.6. The quantitative estimate of drug-likeness (QED) is 0.0438. The molecule has 8 aromatic heterocycles. The number of carbonyl (C=O) groups excluding carboxylic acids is 2. The standard InChI is InChI=1S/C30H36ClN7O3SSi.C23H22N8O2S/c1-43(2,3)11-10-40-20-38-26-13-22(23-15-33-37(17-23)28-6-4-5-9-41-28)7-8-25(26)29(35-38)27(39)12-21-14-32-36(16-21)18-24-19-42-30(31)34-24;32-21(22-19-2-1-16(8-20(19)28-29-22)17-10-24-25-11-17)7-15-9-26-31(12-15)13-18-14-34-23(27-18)30-3-5-33-6-4-30/h7-8,13-17,19,28H,4-6,9-12,18,20H2,1-3H3;1-2,8-12,14H,3-7,13H2,(H,24,25)(H,28,29). The molecule has 24 heteroatoms. The molecule has 2 aliphatic rings. The molecule has 2 aliphatic heterocycles. The molecule has 10 aromatic rings. The number of H-pyrrole nitrogens is 2. The van der Waals surface area contributed by atoms with Crippen molar-refractivity contribution in [1.29, 1.82) is 0 Å². The summed E-state index contributed by atoms with van der Waals surface area (Å²) >= 11 is 8.99. The van der Waals surface area contributed by atoms with Gasteiger partial charge in [-0.1, -0.05) is 43.4 Å². The van der Waals surface area contributed by atoms with Crippen LogP contribution in [0.1, 0.15) is 69.0 Å². The molecule has 1 atom stereocenters. The average Bonchev–Trinajstić information content (AvgIpc) is 4.34. The van der Waals surface area contributed by atoms with Gasteiger partial charge in [0.15, 0.2) is 21.2 Å². The molecule has 0 bridgehead atoms. The summed E-state index contributed by atoms with van der Waals surface area (Å²) in [6, 6.07) is 13.0. The maximum atomic E-state index is 13.6. The van der Waals surface area contributed by atoms with Gasteiger partial charge in [-0.3, -0.25) is 29.2 Å². The van der Waals surface area contributed by atoms with Gasteiger partial charge >= 0.3 is 0 Å². The van der Waals surface area contributed by atoms with E-state index in [0.717, 1.165) is 130 Å². The van der Waals surface area contributed by atoms with E-state index < -0.39 is 8.07 Å². The van der Waals surface area contributed by atoms with Crippen molar-refractivity contribution in [3.8, 4) is 22.3 Å². The second kappa shape index (κ2) is 23.3. The van der Waals surface area contributed by atoms with Gasteiger partial charge < -0.3 is 19.1 Å². The lowest BCUT2D eigenvalue weighted by Crippen LogP contribution is -2.36. The Bertz CT molecular complexity index is 3610. The fraction of sp³-hybridized carbons (Fsp3) is 0.358. The predicted octanol–water partition coefficient (Wildman–Crippen LogP) is 9.61. The van der Waals surface area contributed by atoms with Gasteiger partial charge in [0.1, 0.15) is 24.3 Å². The third-order valence-corrected chi connectivity index (χ3v) is 17.0. The molecule has 2 saturated heterocycles. The molecule has 2 N–H and O–H groups in total. The Kier molecular flexibility index (Phi) is 15.8. The molecule has 0 aliphatic carbocycles. The number of rotatable bonds is 19. The normalized spacial score (nSPS) is 15.1. The minimum absolute atomic E-state index is 0.0237. The number of nitrogens with zero attached hydrogens (tertiary/aromatic N) is 13. The summed E-state index contributed by atoms with van der Waals surface area (Å²) in [6.07, 6.45) is 18.3. The lowest BCUT2D eigenvalue weighted by atomic mass is 10.0. The number of hydrogen-bond donors (Lipinski definition) is 2. The van der Waals surface area contributed by atoms with Crippen LogP contribution >= 0.6 is 34.3 Å². The van der Waals surface area contributed by atoms with Crippen molar-refractivity contribution in [3.05, 3.63) is 135 Å². The van der Waals surface area contributed by atoms with Crippen LogP contribution in [0, 0.1) is 0 Å². The number of aromatic nitrogens is 14. The number of morpholine rings is 1. The highest BCUT2D eigenvalue weighted by molar-refractivity contribution is 7.14. The zero-order valence-corrected chi connectivity index (χ0v) is 46.4. The van der Waals surface area contributed by atoms with Gasteiger partial charge in [-0.05, 0) is 71.8 Å². The van der Waals surface area contributed by atoms with Gasteiger partial charge in [-0.2, -0.15) is 30.6 Å². The number of Topliss-reactive ketones (excluding diaryl/α,β-unsaturated/α-hetero) is 2. The molecule has 12 rings (SSSR count). The highest BCUT2D eigenvalue weighted by Crippen LogP contribution is 2.31. The smallest absolute Gasteiger partial charge is 0.188 e. The summed E-state index contributed by atoms with van der Waals surface area (Å²) < 4.78 is 25.2. The summed E-state index contributed by atoms with van der Waals surface area (Å²) in [6.45, 7) is 13.0. The van der Waals surface area contributed by atoms with Crippen molar-refractivity contribution in [2.45, 2.75) is 83.8 Å². The highest BCUT2D eigenvalue weighted by Gasteiger charge is 2.23. The summed E-state index contributed by atoms with van der Waals surface area (Å²) in [4.78, 5) is 37.9. The second-order valence-electron chi connectivity index (χ2n) is 20.4. The zero-order chi connectivity index (χ0) is 52.9. The van der Waals surface area contributed by atoms with Crippen LogP contribution < -0.4 is 4.90 Å². The number of ketones is 2. The Morgan fingerprint density at radius 3 is 2.22 bits per heavy atom. The molecule has 2 aromatic carbocycles. The molecule has 1 unspecified atom stereocenters. The number of carbonyl (C=O) groups is 2. The number of fused-ring (bicyclic) bond motifs is 2. The summed E-state index contributed by atoms with van der Waals surface area (Å²) in [5, 5.41) is 38.9. The van der Waals surface area contributed by atoms with Crippen LogP contribution in [-0.4, -0.2) is 129 Å². The highest BCUT2D eigenvalue weighted by atomic mass is 35.5. The van der Waals surface area contributed by atoms with E-state index in [4.69, 9.17) is 35.9 Å². The number of aromatic amines is 2. The lowest BCUT2D eigenvalue weighted by molar-refractivity contribution is -0.0394. The number of benzene rings is 2. The van der Waals surface area contributed by atoms with Gasteiger partial charge in [0.2, 0.25) is 0 Å². The molecule has 0 radical (unpaired) electrons. The number of thiazole rings is 2. The maximum absolute atomic E-state index is 13.6. The topological polar surface area (TPSA) is 219 Å². The van der Waals surface area contributed by atoms with E-state index in [-0.39, 0.29) is 37.4 Å². The van der Waals surface area contributed by atoms with Gasteiger partial charge in [-0.25, -0.2) is 19.3 Å². The minimum Gasteiger partial charge on any atom is -0.378 e. The molecule has 0 spiro atoms. The largest absolute Gasteiger partial charge is 0.378 e. The van der Waals surface area contributed by atoms with Crippen molar-refractivity contribution in [3.63, 3.8) is 0 Å². The monoisotopic (exact) mass is 1110 g/mol. The van der Waals surface area contributed by atoms with E-state index in [0.29, 0.717) is 35.6 Å². The third-order valence-electron chi connectivity index (χ3n) is 13.4. The Labute approximate surface area is 457 Å². The van der Waals surface area contributed by atoms with Crippen molar-refractivity contribution in [2.24, 2.45) is 0 Å². The van der Waals surface area contributed by atoms with E-state index in [2.05, 4.69) is 76.7 Å². The molecule has 0 saturated carbocycles. The molecule has 0 amide bonds. The maximum Gasteiger partial charge on any atom is 0.188 e. The van der Waals surface area contributed by atoms with Crippen molar-refractivity contribution in [2.75, 3.05) is 44.4 Å². The number of anilines is 1. The van der Waals surface area contributed by atoms with Crippen LogP contribution in [-0.2, 0) is 46.9 Å². The third kappa shape index (κ3) is 12.7. The molecule has 77 heavy (non-hydrogen) atoms. The number of ether oxygens (including phenoxy) is 3. The Balaban J connectivity index is 0.000000168. The summed E-state index contributed by atoms with van der Waals surface area (Å²) in [7, 11) is -1.24. The summed E-state index contributed by atoms with van der Waals surface area (Å²) in [5.74, 6) is -0.123. The molecule has 398 valence electrons. The molecule has 2 fully saturated rings. The van der Waals surface area contributed by atoms with Crippen LogP contribution in [0.5, 0.6) is 0 Å². The van der Waals surface area contributed by atoms with E-state index in [1.54, 1.807) is 39.3 Å². The van der Waals surface area contributed by atoms with Crippen LogP contribution in [0.3, 0.4) is 0 Å². The number of hydrogen-bond acceptors (Lipinski definition) is 16. The predicted molar refractivity (Wildman–Crippen MR) is 299 cm³/mol. The summed E-state index contributed by atoms with van der Waals surface area (Å²) in [5.41, 5.74) is 9.97. The van der Waals surface area contributed by atoms with E-state index >= 15 is 0 Å². The molecular weight excluding hydrogens is 1050 g/mol. The Hall–Kier alpha value is -6.99. The minimum atomic E-state index is -1.24. The number of halogens is 1. The zero-order valence-electron chi connectivity index (χ0n) is 43.0. The van der Waals surface area contributed by atoms with Crippen LogP contribution in [0.2, 0.25) is 30.2 Å². The van der Waals surface area contributed by atoms with E-state index in [1.165, 1.54) is 11.3 Å². The number of nitrogens with one attached hydrogen (secondary N) is 2. The average molecular weight is 1110 g/mol. The van der Waals surface area contributed by atoms with Crippen LogP contribution in [0.25, 0.3) is 44.1 Å². The van der Waals surface area contributed by atoms with E-state index in [1.807, 2.05) is 76.1 Å². The first-order valence-electron chi connectivity index (χ1n) is 25.6. The van der Waals surface area contributed by atoms with Gasteiger partial charge in [0.25, 0.3) is 0 Å². The Morgan fingerprint density at radius 1 is 0.792 bits per heavy atom. The van der Waals surface area contributed by atoms with Gasteiger partial charge in [0.05, 0.1) is 73.5 Å². The SMILES string of the molecule is C[Si](C)(C)CCOCn1nc(C(=O)Cc2cnn(Cc3csc(Cl)n3)c2)c2ccc(-c3cnn(C4CCCCO4)c3)cc21.O=C(Cc1cnn(Cc2csc(N3CCOCC3)n2)c1)c1n[nH]c2cc(-c3cn[nH]c3)ccc12. The lowest BCUT2D eigenvalue weighted by Gasteiger charge is -2.26. The van der Waals surface area contributed by atoms with Crippen molar-refractivity contribution < 1.29 is 23.8 Å². The van der Waals surface area contributed by atoms with E-state index in [9.17, 15) is 9.59 Å². The van der Waals surface area contributed by atoms with Crippen LogP contribution in [0.15, 0.2) is 96.7 Å². The van der Waals surface area contributed by atoms with Crippen molar-refractivity contribution >= 4 is 80.9 Å². The fourth-order valence-electron chi connectivity index (χ4n) is 9.25. The molecule has 10 heterocycles. The molecular formula is C53H58ClN15O5S2Si. The first kappa shape index (κ1) is 52.1. The Morgan fingerprint density at radius 2 is 1.52 bits per heavy atom.